The fourth-order valence-electron chi connectivity index (χ4n) is 3.45. The number of nitrogen functional groups attached to an aromatic ring is 1. The van der Waals surface area contributed by atoms with Crippen LogP contribution in [0.15, 0.2) is 62.5 Å². The van der Waals surface area contributed by atoms with Crippen molar-refractivity contribution in [2.75, 3.05) is 24.7 Å². The van der Waals surface area contributed by atoms with E-state index in [0.717, 1.165) is 16.9 Å². The van der Waals surface area contributed by atoms with Crippen molar-refractivity contribution in [2.45, 2.75) is 34.0 Å². The predicted molar refractivity (Wildman–Crippen MR) is 155 cm³/mol. The van der Waals surface area contributed by atoms with Gasteiger partial charge in [-0.25, -0.2) is 13.2 Å². The summed E-state index contributed by atoms with van der Waals surface area (Å²) in [5, 5.41) is 12.8. The molecule has 0 saturated heterocycles. The van der Waals surface area contributed by atoms with Crippen LogP contribution in [-0.4, -0.2) is 58.1 Å². The number of sulfone groups is 1. The summed E-state index contributed by atoms with van der Waals surface area (Å²) < 4.78 is 63.7. The Balaban J connectivity index is 0.000000928. The van der Waals surface area contributed by atoms with E-state index in [-0.39, 0.29) is 28.8 Å². The Morgan fingerprint density at radius 3 is 2.38 bits per heavy atom. The third-order valence-corrected chi connectivity index (χ3v) is 9.53. The zero-order valence-electron chi connectivity index (χ0n) is 22.5. The normalized spacial score (nSPS) is 11.1. The van der Waals surface area contributed by atoms with Crippen molar-refractivity contribution in [3.8, 4) is 11.1 Å². The maximum absolute atomic E-state index is 13.5. The number of carbonyl (C=O) groups is 3. The fraction of sp³-hybridized carbons (Fsp3) is 0.231. The Labute approximate surface area is 248 Å². The third-order valence-electron chi connectivity index (χ3n) is 5.19. The molecule has 3 rings (SSSR count). The van der Waals surface area contributed by atoms with Gasteiger partial charge in [0.05, 0.1) is 31.2 Å². The first-order valence-electron chi connectivity index (χ1n) is 11.9. The summed E-state index contributed by atoms with van der Waals surface area (Å²) in [6.07, 6.45) is -3.93. The molecule has 0 aliphatic heterocycles. The summed E-state index contributed by atoms with van der Waals surface area (Å²) in [6, 6.07) is 12.6. The molecule has 0 atom stereocenters. The van der Waals surface area contributed by atoms with Gasteiger partial charge in [-0.15, -0.1) is 23.1 Å². The standard InChI is InChI=1S/C24H26N4O5S3.C2HF3O/c1-4-33-20(29)13-27-24(30)28-17-10-5-7-14(2)21(17)15-8-6-9-16(11-15)36(31,32)19-12-18(22(25)26)35-23(19)34-3;3-2(4,5)1-6/h5-12H,4,13H2,1-3H3,(H3,25,26)(H2,27,28,30);1H. The first-order chi connectivity index (χ1) is 19.6. The molecule has 2 aromatic carbocycles. The van der Waals surface area contributed by atoms with Gasteiger partial charge in [-0.1, -0.05) is 24.3 Å². The van der Waals surface area contributed by atoms with Crippen molar-refractivity contribution in [1.29, 1.82) is 5.41 Å². The molecule has 0 bridgehead atoms. The quantitative estimate of drug-likeness (QED) is 0.0830. The SMILES string of the molecule is CCOC(=O)CNC(=O)Nc1cccc(C)c1-c1cccc(S(=O)(=O)c2cc(C(=N)N)sc2SC)c1.O=CC(F)(F)F. The number of hydrogen-bond acceptors (Lipinski definition) is 9. The van der Waals surface area contributed by atoms with E-state index in [1.807, 2.05) is 13.0 Å². The second-order valence-electron chi connectivity index (χ2n) is 8.18. The van der Waals surface area contributed by atoms with Crippen molar-refractivity contribution >= 4 is 62.7 Å². The summed E-state index contributed by atoms with van der Waals surface area (Å²) in [6.45, 7) is 3.45. The monoisotopic (exact) mass is 644 g/mol. The molecule has 3 aromatic rings. The van der Waals surface area contributed by atoms with Crippen LogP contribution in [0.5, 0.6) is 0 Å². The number of benzene rings is 2. The molecule has 0 aliphatic rings. The fourth-order valence-corrected chi connectivity index (χ4v) is 7.35. The maximum Gasteiger partial charge on any atom is 0.446 e. The second kappa shape index (κ2) is 14.8. The lowest BCUT2D eigenvalue weighted by atomic mass is 9.98. The van der Waals surface area contributed by atoms with Crippen LogP contribution >= 0.6 is 23.1 Å². The largest absolute Gasteiger partial charge is 0.465 e. The van der Waals surface area contributed by atoms with E-state index in [9.17, 15) is 31.2 Å². The number of rotatable bonds is 9. The molecule has 226 valence electrons. The Morgan fingerprint density at radius 2 is 1.81 bits per heavy atom. The highest BCUT2D eigenvalue weighted by Crippen LogP contribution is 2.38. The zero-order chi connectivity index (χ0) is 31.7. The first kappa shape index (κ1) is 34.3. The van der Waals surface area contributed by atoms with E-state index in [2.05, 4.69) is 10.6 Å². The number of nitrogens with two attached hydrogens (primary N) is 1. The number of halogens is 3. The molecule has 5 N–H and O–H groups in total. The number of alkyl halides is 3. The molecule has 2 amide bonds. The lowest BCUT2D eigenvalue weighted by Crippen LogP contribution is -2.34. The van der Waals surface area contributed by atoms with Crippen LogP contribution in [0.25, 0.3) is 11.1 Å². The second-order valence-corrected chi connectivity index (χ2v) is 12.2. The topological polar surface area (TPSA) is 169 Å². The van der Waals surface area contributed by atoms with Crippen LogP contribution in [-0.2, 0) is 24.2 Å². The van der Waals surface area contributed by atoms with Crippen molar-refractivity contribution < 1.29 is 40.7 Å². The molecule has 10 nitrogen and oxygen atoms in total. The van der Waals surface area contributed by atoms with Gasteiger partial charge < -0.3 is 21.1 Å². The van der Waals surface area contributed by atoms with Crippen LogP contribution in [0.2, 0.25) is 0 Å². The van der Waals surface area contributed by atoms with Gasteiger partial charge in [0.15, 0.2) is 0 Å². The minimum absolute atomic E-state index is 0.0733. The van der Waals surface area contributed by atoms with E-state index in [1.54, 1.807) is 43.5 Å². The maximum atomic E-state index is 13.5. The van der Waals surface area contributed by atoms with Gasteiger partial charge in [0, 0.05) is 5.56 Å². The number of thiophene rings is 1. The smallest absolute Gasteiger partial charge is 0.446 e. The van der Waals surface area contributed by atoms with Crippen molar-refractivity contribution in [2.24, 2.45) is 5.73 Å². The van der Waals surface area contributed by atoms with E-state index in [4.69, 9.17) is 20.7 Å². The van der Waals surface area contributed by atoms with Gasteiger partial charge in [-0.3, -0.25) is 15.0 Å². The summed E-state index contributed by atoms with van der Waals surface area (Å²) in [7, 11) is -3.91. The van der Waals surface area contributed by atoms with Crippen LogP contribution in [0.4, 0.5) is 23.7 Å². The van der Waals surface area contributed by atoms with E-state index in [0.29, 0.717) is 25.9 Å². The lowest BCUT2D eigenvalue weighted by molar-refractivity contribution is -0.156. The van der Waals surface area contributed by atoms with Crippen molar-refractivity contribution in [3.63, 3.8) is 0 Å². The number of urea groups is 1. The molecule has 0 saturated carbocycles. The number of ether oxygens (including phenoxy) is 1. The van der Waals surface area contributed by atoms with Crippen molar-refractivity contribution in [1.82, 2.24) is 5.32 Å². The van der Waals surface area contributed by atoms with Gasteiger partial charge in [0.1, 0.15) is 12.4 Å². The van der Waals surface area contributed by atoms with Crippen LogP contribution in [0, 0.1) is 12.3 Å². The molecular formula is C26H27F3N4O6S3. The minimum atomic E-state index is -4.64. The Morgan fingerprint density at radius 1 is 1.17 bits per heavy atom. The molecule has 0 spiro atoms. The molecule has 0 radical (unpaired) electrons. The number of esters is 1. The summed E-state index contributed by atoms with van der Waals surface area (Å²) >= 11 is 2.43. The number of nitrogens with one attached hydrogen (secondary N) is 3. The van der Waals surface area contributed by atoms with Crippen molar-refractivity contribution in [3.05, 3.63) is 59.0 Å². The number of hydrogen-bond donors (Lipinski definition) is 4. The third kappa shape index (κ3) is 9.32. The highest BCUT2D eigenvalue weighted by molar-refractivity contribution is 8.01. The number of amidine groups is 1. The molecule has 1 heterocycles. The molecule has 16 heteroatoms. The number of aryl methyl sites for hydroxylation is 1. The van der Waals surface area contributed by atoms with Gasteiger partial charge in [-0.05, 0) is 55.5 Å². The number of aldehydes is 1. The summed E-state index contributed by atoms with van der Waals surface area (Å²) in [4.78, 5) is 33.2. The average Bonchev–Trinajstić information content (AvgIpc) is 3.38. The van der Waals surface area contributed by atoms with Gasteiger partial charge >= 0.3 is 18.2 Å². The van der Waals surface area contributed by atoms with Crippen LogP contribution in [0.1, 0.15) is 17.4 Å². The van der Waals surface area contributed by atoms with Gasteiger partial charge in [0.2, 0.25) is 16.1 Å². The Kier molecular flexibility index (Phi) is 12.1. The van der Waals surface area contributed by atoms with E-state index in [1.165, 1.54) is 23.9 Å². The summed E-state index contributed by atoms with van der Waals surface area (Å²) in [5.74, 6) is -0.747. The molecular weight excluding hydrogens is 618 g/mol. The molecule has 0 aliphatic carbocycles. The molecule has 42 heavy (non-hydrogen) atoms. The molecule has 0 unspecified atom stereocenters. The average molecular weight is 645 g/mol. The Bertz CT molecular complexity index is 1570. The first-order valence-corrected chi connectivity index (χ1v) is 15.4. The molecule has 0 fully saturated rings. The Hall–Kier alpha value is -3.89. The predicted octanol–water partition coefficient (Wildman–Crippen LogP) is 4.99. The number of carbonyl (C=O) groups excluding carboxylic acids is 3. The number of thioether (sulfide) groups is 1. The van der Waals surface area contributed by atoms with E-state index >= 15 is 0 Å². The summed E-state index contributed by atoms with van der Waals surface area (Å²) in [5.41, 5.74) is 8.07. The van der Waals surface area contributed by atoms with Crippen LogP contribution in [0.3, 0.4) is 0 Å². The van der Waals surface area contributed by atoms with Crippen LogP contribution < -0.4 is 16.4 Å². The van der Waals surface area contributed by atoms with Gasteiger partial charge in [-0.2, -0.15) is 13.2 Å². The van der Waals surface area contributed by atoms with Gasteiger partial charge in [0.25, 0.3) is 0 Å². The lowest BCUT2D eigenvalue weighted by Gasteiger charge is -2.15. The highest BCUT2D eigenvalue weighted by atomic mass is 32.2. The minimum Gasteiger partial charge on any atom is -0.465 e. The number of anilines is 1. The zero-order valence-corrected chi connectivity index (χ0v) is 24.9. The highest BCUT2D eigenvalue weighted by Gasteiger charge is 2.26. The van der Waals surface area contributed by atoms with E-state index < -0.39 is 34.3 Å². The molecule has 1 aromatic heterocycles. The number of amides is 2.